The van der Waals surface area contributed by atoms with Crippen LogP contribution < -0.4 is 11.1 Å². The summed E-state index contributed by atoms with van der Waals surface area (Å²) in [5, 5.41) is 2.85. The summed E-state index contributed by atoms with van der Waals surface area (Å²) in [4.78, 5) is 25.4. The Balaban J connectivity index is 2.83. The number of benzene rings is 1. The Morgan fingerprint density at radius 1 is 1.07 bits per heavy atom. The van der Waals surface area contributed by atoms with Crippen LogP contribution >= 0.6 is 0 Å². The zero-order valence-corrected chi connectivity index (χ0v) is 16.4. The molecule has 0 aromatic heterocycles. The first-order chi connectivity index (χ1) is 13.7. The van der Waals surface area contributed by atoms with E-state index in [-0.39, 0.29) is 47.9 Å². The van der Waals surface area contributed by atoms with Crippen LogP contribution in [-0.2, 0) is 25.2 Å². The number of hydrogen-bond donors (Lipinski definition) is 2. The van der Waals surface area contributed by atoms with E-state index in [9.17, 15) is 22.8 Å². The highest BCUT2D eigenvalue weighted by Gasteiger charge is 2.43. The Labute approximate surface area is 166 Å². The number of dihydropyridines is 1. The summed E-state index contributed by atoms with van der Waals surface area (Å²) in [7, 11) is 0. The predicted molar refractivity (Wildman–Crippen MR) is 99.4 cm³/mol. The molecule has 29 heavy (non-hydrogen) atoms. The number of alkyl halides is 3. The van der Waals surface area contributed by atoms with Gasteiger partial charge in [-0.05, 0) is 32.4 Å². The summed E-state index contributed by atoms with van der Waals surface area (Å²) in [5.41, 5.74) is 4.76. The van der Waals surface area contributed by atoms with E-state index in [4.69, 9.17) is 15.2 Å². The van der Waals surface area contributed by atoms with E-state index >= 15 is 0 Å². The van der Waals surface area contributed by atoms with E-state index < -0.39 is 29.6 Å². The highest BCUT2D eigenvalue weighted by Crippen LogP contribution is 2.44. The molecular weight excluding hydrogens is 389 g/mol. The van der Waals surface area contributed by atoms with Crippen molar-refractivity contribution in [2.24, 2.45) is 5.73 Å². The van der Waals surface area contributed by atoms with E-state index in [1.54, 1.807) is 13.8 Å². The van der Waals surface area contributed by atoms with Gasteiger partial charge in [0.2, 0.25) is 0 Å². The number of halogens is 3. The maximum absolute atomic E-state index is 13.7. The number of esters is 2. The number of nitrogens with one attached hydrogen (secondary N) is 1. The summed E-state index contributed by atoms with van der Waals surface area (Å²) in [6.45, 7) is 4.54. The van der Waals surface area contributed by atoms with Crippen LogP contribution in [0.4, 0.5) is 13.2 Å². The van der Waals surface area contributed by atoms with Crippen LogP contribution in [-0.4, -0.2) is 31.7 Å². The lowest BCUT2D eigenvalue weighted by Gasteiger charge is -2.32. The zero-order chi connectivity index (χ0) is 21.8. The number of hydrogen-bond acceptors (Lipinski definition) is 6. The van der Waals surface area contributed by atoms with Crippen molar-refractivity contribution >= 4 is 11.9 Å². The summed E-state index contributed by atoms with van der Waals surface area (Å²) in [6, 6.07) is 4.79. The molecule has 3 N–H and O–H groups in total. The molecule has 0 aliphatic carbocycles. The van der Waals surface area contributed by atoms with Gasteiger partial charge in [0.1, 0.15) is 0 Å². The standard InChI is InChI=1S/C20H23F3N2O4/c1-4-28-18(26)15-11(3)25-14(10-24)17(19(27)29-5-2)16(15)12-8-6-7-9-13(12)20(21,22)23/h6-9,16,25H,4-5,10,24H2,1-3H3. The van der Waals surface area contributed by atoms with Crippen LogP contribution in [0, 0.1) is 0 Å². The minimum absolute atomic E-state index is 0.00522. The van der Waals surface area contributed by atoms with Crippen molar-refractivity contribution in [2.75, 3.05) is 19.8 Å². The maximum atomic E-state index is 13.7. The van der Waals surface area contributed by atoms with Crippen LogP contribution in [0.15, 0.2) is 46.8 Å². The smallest absolute Gasteiger partial charge is 0.416 e. The molecule has 1 aromatic rings. The second kappa shape index (κ2) is 9.13. The van der Waals surface area contributed by atoms with Crippen LogP contribution in [0.1, 0.15) is 37.8 Å². The first-order valence-corrected chi connectivity index (χ1v) is 9.08. The molecule has 1 aromatic carbocycles. The topological polar surface area (TPSA) is 90.6 Å². The van der Waals surface area contributed by atoms with Gasteiger partial charge in [0.25, 0.3) is 0 Å². The fourth-order valence-corrected chi connectivity index (χ4v) is 3.30. The third-order valence-corrected chi connectivity index (χ3v) is 4.42. The normalized spacial score (nSPS) is 17.1. The Morgan fingerprint density at radius 3 is 2.14 bits per heavy atom. The number of allylic oxidation sites excluding steroid dienone is 1. The fourth-order valence-electron chi connectivity index (χ4n) is 3.30. The number of nitrogens with two attached hydrogens (primary N) is 1. The van der Waals surface area contributed by atoms with E-state index in [2.05, 4.69) is 5.32 Å². The lowest BCUT2D eigenvalue weighted by Crippen LogP contribution is -2.36. The van der Waals surface area contributed by atoms with Gasteiger partial charge in [0, 0.05) is 17.9 Å². The van der Waals surface area contributed by atoms with Crippen molar-refractivity contribution in [3.8, 4) is 0 Å². The Kier molecular flexibility index (Phi) is 7.07. The first-order valence-electron chi connectivity index (χ1n) is 9.08. The third-order valence-electron chi connectivity index (χ3n) is 4.42. The van der Waals surface area contributed by atoms with Crippen molar-refractivity contribution in [1.29, 1.82) is 0 Å². The van der Waals surface area contributed by atoms with Gasteiger partial charge in [-0.1, -0.05) is 18.2 Å². The molecule has 0 fully saturated rings. The largest absolute Gasteiger partial charge is 0.463 e. The van der Waals surface area contributed by atoms with Gasteiger partial charge in [0.05, 0.1) is 35.8 Å². The van der Waals surface area contributed by atoms with E-state index in [0.717, 1.165) is 6.07 Å². The zero-order valence-electron chi connectivity index (χ0n) is 16.4. The summed E-state index contributed by atoms with van der Waals surface area (Å²) < 4.78 is 51.3. The third kappa shape index (κ3) is 4.61. The molecule has 0 saturated heterocycles. The molecular formula is C20H23F3N2O4. The summed E-state index contributed by atoms with van der Waals surface area (Å²) in [6.07, 6.45) is -4.70. The van der Waals surface area contributed by atoms with Gasteiger partial charge in [-0.15, -0.1) is 0 Å². The molecule has 0 spiro atoms. The lowest BCUT2D eigenvalue weighted by atomic mass is 9.78. The average Bonchev–Trinajstić information content (AvgIpc) is 2.66. The Morgan fingerprint density at radius 2 is 1.62 bits per heavy atom. The molecule has 6 nitrogen and oxygen atoms in total. The number of ether oxygens (including phenoxy) is 2. The van der Waals surface area contributed by atoms with Crippen LogP contribution in [0.2, 0.25) is 0 Å². The van der Waals surface area contributed by atoms with Gasteiger partial charge in [-0.25, -0.2) is 9.59 Å². The second-order valence-corrected chi connectivity index (χ2v) is 6.22. The lowest BCUT2D eigenvalue weighted by molar-refractivity contribution is -0.142. The molecule has 2 rings (SSSR count). The summed E-state index contributed by atoms with van der Waals surface area (Å²) >= 11 is 0. The van der Waals surface area contributed by atoms with E-state index in [1.165, 1.54) is 25.1 Å². The number of rotatable bonds is 6. The van der Waals surface area contributed by atoms with Crippen molar-refractivity contribution in [3.63, 3.8) is 0 Å². The molecule has 158 valence electrons. The van der Waals surface area contributed by atoms with Crippen molar-refractivity contribution in [3.05, 3.63) is 57.9 Å². The molecule has 9 heteroatoms. The number of carbonyl (C=O) groups excluding carboxylic acids is 2. The van der Waals surface area contributed by atoms with Crippen molar-refractivity contribution < 1.29 is 32.2 Å². The van der Waals surface area contributed by atoms with Gasteiger partial charge in [0.15, 0.2) is 0 Å². The SMILES string of the molecule is CCOC(=O)C1=C(C)NC(CN)=C(C(=O)OCC)C1c1ccccc1C(F)(F)F. The summed E-state index contributed by atoms with van der Waals surface area (Å²) in [5.74, 6) is -3.01. The van der Waals surface area contributed by atoms with Crippen molar-refractivity contribution in [2.45, 2.75) is 32.9 Å². The molecule has 0 amide bonds. The molecule has 0 radical (unpaired) electrons. The highest BCUT2D eigenvalue weighted by molar-refractivity contribution is 6.00. The van der Waals surface area contributed by atoms with Gasteiger partial charge < -0.3 is 20.5 Å². The predicted octanol–water partition coefficient (Wildman–Crippen LogP) is 3.01. The Hall–Kier alpha value is -2.81. The van der Waals surface area contributed by atoms with Gasteiger partial charge in [-0.3, -0.25) is 0 Å². The second-order valence-electron chi connectivity index (χ2n) is 6.22. The van der Waals surface area contributed by atoms with E-state index in [1.807, 2.05) is 0 Å². The van der Waals surface area contributed by atoms with Crippen LogP contribution in [0.5, 0.6) is 0 Å². The molecule has 1 unspecified atom stereocenters. The number of carbonyl (C=O) groups is 2. The molecule has 1 atom stereocenters. The van der Waals surface area contributed by atoms with Crippen LogP contribution in [0.25, 0.3) is 0 Å². The van der Waals surface area contributed by atoms with Gasteiger partial charge in [-0.2, -0.15) is 13.2 Å². The average molecular weight is 412 g/mol. The quantitative estimate of drug-likeness (QED) is 0.698. The fraction of sp³-hybridized carbons (Fsp3) is 0.400. The van der Waals surface area contributed by atoms with Crippen molar-refractivity contribution in [1.82, 2.24) is 5.32 Å². The molecule has 1 heterocycles. The highest BCUT2D eigenvalue weighted by atomic mass is 19.4. The minimum Gasteiger partial charge on any atom is -0.463 e. The molecule has 0 bridgehead atoms. The molecule has 1 aliphatic rings. The van der Waals surface area contributed by atoms with Gasteiger partial charge >= 0.3 is 18.1 Å². The Bertz CT molecular complexity index is 860. The molecule has 1 aliphatic heterocycles. The van der Waals surface area contributed by atoms with E-state index in [0.29, 0.717) is 0 Å². The van der Waals surface area contributed by atoms with Crippen LogP contribution in [0.3, 0.4) is 0 Å². The monoisotopic (exact) mass is 412 g/mol. The maximum Gasteiger partial charge on any atom is 0.416 e. The molecule has 0 saturated carbocycles. The first kappa shape index (κ1) is 22.5. The minimum atomic E-state index is -4.70.